The molecule has 0 radical (unpaired) electrons. The molecule has 1 aromatic heterocycles. The van der Waals surface area contributed by atoms with Crippen LogP contribution in [0.15, 0.2) is 42.5 Å². The van der Waals surface area contributed by atoms with Gasteiger partial charge in [-0.25, -0.2) is 0 Å². The minimum Gasteiger partial charge on any atom is -0.492 e. The molecule has 2 aromatic rings. The molecule has 0 aliphatic heterocycles. The molecule has 4 rings (SSSR count). The second kappa shape index (κ2) is 6.52. The van der Waals surface area contributed by atoms with Gasteiger partial charge in [0.2, 0.25) is 11.8 Å². The van der Waals surface area contributed by atoms with Gasteiger partial charge in [0.15, 0.2) is 5.13 Å². The highest BCUT2D eigenvalue weighted by Crippen LogP contribution is 2.42. The highest BCUT2D eigenvalue weighted by molar-refractivity contribution is 7.16. The molecule has 4 atom stereocenters. The first-order valence-corrected chi connectivity index (χ1v) is 9.42. The minimum absolute atomic E-state index is 0.0538. The van der Waals surface area contributed by atoms with Crippen molar-refractivity contribution in [1.82, 2.24) is 4.98 Å². The van der Waals surface area contributed by atoms with Gasteiger partial charge in [0.1, 0.15) is 0 Å². The quantitative estimate of drug-likeness (QED) is 0.710. The number of anilines is 2. The lowest BCUT2D eigenvalue weighted by atomic mass is 10.0. The topological polar surface area (TPSA) is 74.2 Å². The van der Waals surface area contributed by atoms with Crippen molar-refractivity contribution in [3.8, 4) is 5.88 Å². The first-order valence-electron chi connectivity index (χ1n) is 8.60. The van der Waals surface area contributed by atoms with E-state index in [4.69, 9.17) is 0 Å². The van der Waals surface area contributed by atoms with Crippen LogP contribution in [0.1, 0.15) is 30.6 Å². The molecule has 2 bridgehead atoms. The second-order valence-corrected chi connectivity index (χ2v) is 7.85. The van der Waals surface area contributed by atoms with Gasteiger partial charge < -0.3 is 15.7 Å². The van der Waals surface area contributed by atoms with Gasteiger partial charge in [-0.15, -0.1) is 0 Å². The number of amides is 1. The van der Waals surface area contributed by atoms with Crippen LogP contribution in [-0.4, -0.2) is 22.0 Å². The SMILES string of the molecule is CC(C(=O)Nc1ccccc1)c1sc(NC2CC3C=CC2C3)nc1O. The molecular weight excluding hydrogens is 334 g/mol. The second-order valence-electron chi connectivity index (χ2n) is 6.81. The Hall–Kier alpha value is -2.34. The summed E-state index contributed by atoms with van der Waals surface area (Å²) in [5, 5.41) is 17.2. The lowest BCUT2D eigenvalue weighted by Crippen LogP contribution is -2.23. The van der Waals surface area contributed by atoms with Crippen LogP contribution in [-0.2, 0) is 4.79 Å². The number of hydrogen-bond acceptors (Lipinski definition) is 5. The summed E-state index contributed by atoms with van der Waals surface area (Å²) in [7, 11) is 0. The van der Waals surface area contributed by atoms with Crippen LogP contribution in [0.4, 0.5) is 10.8 Å². The molecule has 130 valence electrons. The van der Waals surface area contributed by atoms with E-state index in [0.717, 1.165) is 12.1 Å². The summed E-state index contributed by atoms with van der Waals surface area (Å²) in [6, 6.07) is 9.70. The van der Waals surface area contributed by atoms with Crippen LogP contribution in [0.25, 0.3) is 0 Å². The Bertz CT molecular complexity index is 802. The molecule has 2 aliphatic rings. The van der Waals surface area contributed by atoms with Crippen molar-refractivity contribution >= 4 is 28.1 Å². The van der Waals surface area contributed by atoms with E-state index in [1.165, 1.54) is 17.8 Å². The normalized spacial score (nSPS) is 25.1. The van der Waals surface area contributed by atoms with E-state index in [1.807, 2.05) is 30.3 Å². The average Bonchev–Trinajstić information content (AvgIpc) is 3.31. The van der Waals surface area contributed by atoms with Crippen molar-refractivity contribution in [2.24, 2.45) is 11.8 Å². The summed E-state index contributed by atoms with van der Waals surface area (Å²) in [5.41, 5.74) is 0.746. The molecule has 6 heteroatoms. The van der Waals surface area contributed by atoms with Gasteiger partial charge in [0, 0.05) is 11.7 Å². The number of aromatic nitrogens is 1. The Labute approximate surface area is 150 Å². The van der Waals surface area contributed by atoms with Crippen LogP contribution in [0, 0.1) is 11.8 Å². The fourth-order valence-electron chi connectivity index (χ4n) is 3.66. The summed E-state index contributed by atoms with van der Waals surface area (Å²) < 4.78 is 0. The number of rotatable bonds is 5. The van der Waals surface area contributed by atoms with Crippen molar-refractivity contribution in [2.75, 3.05) is 10.6 Å². The fraction of sp³-hybridized carbons (Fsp3) is 0.368. The molecular formula is C19H21N3O2S. The maximum Gasteiger partial charge on any atom is 0.232 e. The van der Waals surface area contributed by atoms with Gasteiger partial charge in [-0.1, -0.05) is 41.7 Å². The molecule has 5 nitrogen and oxygen atoms in total. The van der Waals surface area contributed by atoms with E-state index in [0.29, 0.717) is 27.9 Å². The summed E-state index contributed by atoms with van der Waals surface area (Å²) in [6.45, 7) is 1.79. The van der Waals surface area contributed by atoms with E-state index in [9.17, 15) is 9.90 Å². The van der Waals surface area contributed by atoms with Gasteiger partial charge in [-0.05, 0) is 43.7 Å². The number of nitrogens with one attached hydrogen (secondary N) is 2. The highest BCUT2D eigenvalue weighted by atomic mass is 32.1. The molecule has 1 amide bonds. The summed E-state index contributed by atoms with van der Waals surface area (Å²) in [6.07, 6.45) is 6.89. The minimum atomic E-state index is -0.465. The summed E-state index contributed by atoms with van der Waals surface area (Å²) >= 11 is 1.36. The van der Waals surface area contributed by atoms with E-state index >= 15 is 0 Å². The Morgan fingerprint density at radius 3 is 2.76 bits per heavy atom. The van der Waals surface area contributed by atoms with Crippen molar-refractivity contribution in [1.29, 1.82) is 0 Å². The standard InChI is InChI=1S/C19H21N3O2S/c1-11(17(23)20-14-5-3-2-4-6-14)16-18(24)22-19(25-16)21-15-10-12-7-8-13(15)9-12/h2-8,11-13,15,24H,9-10H2,1H3,(H,20,23)(H,21,22). The van der Waals surface area contributed by atoms with Crippen LogP contribution < -0.4 is 10.6 Å². The zero-order chi connectivity index (χ0) is 17.4. The average molecular weight is 355 g/mol. The lowest BCUT2D eigenvalue weighted by Gasteiger charge is -2.18. The van der Waals surface area contributed by atoms with Crippen molar-refractivity contribution < 1.29 is 9.90 Å². The van der Waals surface area contributed by atoms with Gasteiger partial charge in [-0.3, -0.25) is 4.79 Å². The zero-order valence-electron chi connectivity index (χ0n) is 14.0. The molecule has 0 spiro atoms. The monoisotopic (exact) mass is 355 g/mol. The van der Waals surface area contributed by atoms with Gasteiger partial charge >= 0.3 is 0 Å². The highest BCUT2D eigenvalue weighted by Gasteiger charge is 2.36. The number of para-hydroxylation sites is 1. The molecule has 1 heterocycles. The molecule has 25 heavy (non-hydrogen) atoms. The number of nitrogens with zero attached hydrogens (tertiary/aromatic N) is 1. The number of thiazole rings is 1. The van der Waals surface area contributed by atoms with E-state index in [-0.39, 0.29) is 11.8 Å². The van der Waals surface area contributed by atoms with Gasteiger partial charge in [0.25, 0.3) is 0 Å². The van der Waals surface area contributed by atoms with Crippen molar-refractivity contribution in [3.05, 3.63) is 47.4 Å². The number of allylic oxidation sites excluding steroid dienone is 1. The third-order valence-corrected chi connectivity index (χ3v) is 6.21. The van der Waals surface area contributed by atoms with E-state index in [1.54, 1.807) is 6.92 Å². The molecule has 2 aliphatic carbocycles. The molecule has 1 aromatic carbocycles. The maximum atomic E-state index is 12.5. The van der Waals surface area contributed by atoms with Crippen LogP contribution in [0.3, 0.4) is 0 Å². The van der Waals surface area contributed by atoms with Crippen molar-refractivity contribution in [3.63, 3.8) is 0 Å². The molecule has 3 N–H and O–H groups in total. The van der Waals surface area contributed by atoms with Gasteiger partial charge in [0.05, 0.1) is 10.8 Å². The van der Waals surface area contributed by atoms with E-state index < -0.39 is 5.92 Å². The number of hydrogen-bond donors (Lipinski definition) is 3. The third kappa shape index (κ3) is 3.26. The summed E-state index contributed by atoms with van der Waals surface area (Å²) in [4.78, 5) is 17.3. The predicted molar refractivity (Wildman–Crippen MR) is 100 cm³/mol. The predicted octanol–water partition coefficient (Wildman–Crippen LogP) is 3.97. The Balaban J connectivity index is 1.44. The number of benzene rings is 1. The maximum absolute atomic E-state index is 12.5. The van der Waals surface area contributed by atoms with Crippen LogP contribution >= 0.6 is 11.3 Å². The Morgan fingerprint density at radius 1 is 1.28 bits per heavy atom. The number of aromatic hydroxyl groups is 1. The molecule has 0 saturated heterocycles. The number of carbonyl (C=O) groups is 1. The largest absolute Gasteiger partial charge is 0.492 e. The van der Waals surface area contributed by atoms with Crippen LogP contribution in [0.2, 0.25) is 0 Å². The van der Waals surface area contributed by atoms with Crippen LogP contribution in [0.5, 0.6) is 5.88 Å². The first kappa shape index (κ1) is 16.1. The van der Waals surface area contributed by atoms with E-state index in [2.05, 4.69) is 27.8 Å². The lowest BCUT2D eigenvalue weighted by molar-refractivity contribution is -0.117. The smallest absolute Gasteiger partial charge is 0.232 e. The van der Waals surface area contributed by atoms with Gasteiger partial charge in [-0.2, -0.15) is 4.98 Å². The number of fused-ring (bicyclic) bond motifs is 2. The molecule has 1 saturated carbocycles. The Kier molecular flexibility index (Phi) is 4.21. The van der Waals surface area contributed by atoms with Crippen molar-refractivity contribution in [2.45, 2.75) is 31.7 Å². The fourth-order valence-corrected chi connectivity index (χ4v) is 4.64. The molecule has 4 unspecified atom stereocenters. The summed E-state index contributed by atoms with van der Waals surface area (Å²) in [5.74, 6) is 0.555. The number of carbonyl (C=O) groups excluding carboxylic acids is 1. The zero-order valence-corrected chi connectivity index (χ0v) is 14.8. The molecule has 1 fully saturated rings. The Morgan fingerprint density at radius 2 is 2.08 bits per heavy atom. The third-order valence-electron chi connectivity index (χ3n) is 5.05. The first-order chi connectivity index (χ1) is 12.1.